The number of aryl methyl sites for hydroxylation is 2. The molecule has 0 amide bonds. The molecule has 4 heteroatoms. The maximum Gasteiger partial charge on any atom is 0.125 e. The Balaban J connectivity index is 2.03. The van der Waals surface area contributed by atoms with E-state index in [1.807, 2.05) is 24.3 Å². The van der Waals surface area contributed by atoms with E-state index in [0.29, 0.717) is 12.4 Å². The van der Waals surface area contributed by atoms with E-state index < -0.39 is 0 Å². The highest BCUT2D eigenvalue weighted by molar-refractivity contribution is 5.97. The van der Waals surface area contributed by atoms with E-state index >= 15 is 0 Å². The fraction of sp³-hybridized carbons (Fsp3) is 0.235. The largest absolute Gasteiger partial charge is 0.398 e. The van der Waals surface area contributed by atoms with Gasteiger partial charge in [-0.15, -0.1) is 0 Å². The lowest BCUT2D eigenvalue weighted by atomic mass is 10.0. The quantitative estimate of drug-likeness (QED) is 0.444. The van der Waals surface area contributed by atoms with Crippen LogP contribution in [0.1, 0.15) is 22.3 Å². The molecule has 0 heterocycles. The second kappa shape index (κ2) is 6.90. The molecule has 0 fully saturated rings. The molecule has 0 bridgehead atoms. The van der Waals surface area contributed by atoms with Crippen molar-refractivity contribution in [3.8, 4) is 0 Å². The molecule has 0 aliphatic carbocycles. The fourth-order valence-electron chi connectivity index (χ4n) is 2.25. The van der Waals surface area contributed by atoms with Gasteiger partial charge >= 0.3 is 0 Å². The number of rotatable bonds is 5. The molecule has 0 saturated heterocycles. The number of nitrogen functional groups attached to an aromatic ring is 1. The van der Waals surface area contributed by atoms with Gasteiger partial charge < -0.3 is 17.2 Å². The van der Waals surface area contributed by atoms with E-state index in [0.717, 1.165) is 35.2 Å². The first-order valence-corrected chi connectivity index (χ1v) is 7.03. The molecule has 110 valence electrons. The highest BCUT2D eigenvalue weighted by Gasteiger charge is 2.03. The van der Waals surface area contributed by atoms with Crippen molar-refractivity contribution in [3.05, 3.63) is 64.7 Å². The van der Waals surface area contributed by atoms with Gasteiger partial charge in [0.15, 0.2) is 0 Å². The van der Waals surface area contributed by atoms with Crippen LogP contribution in [-0.4, -0.2) is 12.9 Å². The third kappa shape index (κ3) is 3.83. The Morgan fingerprint density at radius 2 is 1.67 bits per heavy atom. The van der Waals surface area contributed by atoms with Gasteiger partial charge in [0.1, 0.15) is 5.84 Å². The normalized spacial score (nSPS) is 11.6. The number of nitrogens with two attached hydrogens (primary N) is 3. The predicted molar refractivity (Wildman–Crippen MR) is 89.2 cm³/mol. The zero-order chi connectivity index (χ0) is 15.2. The molecule has 21 heavy (non-hydrogen) atoms. The number of aliphatic imine (C=N–C) groups is 1. The summed E-state index contributed by atoms with van der Waals surface area (Å²) >= 11 is 0. The number of amidine groups is 1. The van der Waals surface area contributed by atoms with Gasteiger partial charge in [0, 0.05) is 24.8 Å². The van der Waals surface area contributed by atoms with Gasteiger partial charge in [0.05, 0.1) is 0 Å². The predicted octanol–water partition coefficient (Wildman–Crippen LogP) is 1.85. The number of hydrogen-bond acceptors (Lipinski definition) is 3. The van der Waals surface area contributed by atoms with E-state index in [2.05, 4.69) is 23.2 Å². The molecule has 0 unspecified atom stereocenters. The van der Waals surface area contributed by atoms with Crippen LogP contribution in [0.5, 0.6) is 0 Å². The average molecular weight is 282 g/mol. The molecular formula is C17H22N4. The Hall–Kier alpha value is -2.33. The number of benzene rings is 2. The highest BCUT2D eigenvalue weighted by Crippen LogP contribution is 2.17. The first kappa shape index (κ1) is 15.1. The zero-order valence-corrected chi connectivity index (χ0v) is 12.3. The molecule has 0 aromatic heterocycles. The van der Waals surface area contributed by atoms with Gasteiger partial charge in [-0.3, -0.25) is 4.99 Å². The van der Waals surface area contributed by atoms with Crippen LogP contribution in [0.25, 0.3) is 0 Å². The van der Waals surface area contributed by atoms with E-state index in [1.54, 1.807) is 7.05 Å². The third-order valence-corrected chi connectivity index (χ3v) is 3.62. The van der Waals surface area contributed by atoms with Crippen LogP contribution in [0.4, 0.5) is 5.69 Å². The SMILES string of the molecule is CN=C(N)c1ccc(CCc2ccc(CN)cc2N)cc1. The van der Waals surface area contributed by atoms with Crippen molar-refractivity contribution in [2.24, 2.45) is 16.5 Å². The molecule has 0 aliphatic heterocycles. The summed E-state index contributed by atoms with van der Waals surface area (Å²) in [6, 6.07) is 14.2. The summed E-state index contributed by atoms with van der Waals surface area (Å²) in [6.45, 7) is 0.520. The Labute approximate surface area is 125 Å². The fourth-order valence-corrected chi connectivity index (χ4v) is 2.25. The molecule has 0 aliphatic rings. The molecule has 0 spiro atoms. The molecule has 0 atom stereocenters. The van der Waals surface area contributed by atoms with Crippen LogP contribution in [0, 0.1) is 0 Å². The van der Waals surface area contributed by atoms with Crippen LogP contribution in [0.3, 0.4) is 0 Å². The maximum atomic E-state index is 6.06. The van der Waals surface area contributed by atoms with Crippen LogP contribution >= 0.6 is 0 Å². The summed E-state index contributed by atoms with van der Waals surface area (Å²) in [6.07, 6.45) is 1.85. The van der Waals surface area contributed by atoms with Crippen molar-refractivity contribution in [1.82, 2.24) is 0 Å². The van der Waals surface area contributed by atoms with Crippen molar-refractivity contribution in [2.45, 2.75) is 19.4 Å². The van der Waals surface area contributed by atoms with E-state index in [1.165, 1.54) is 5.56 Å². The minimum atomic E-state index is 0.520. The first-order valence-electron chi connectivity index (χ1n) is 7.03. The smallest absolute Gasteiger partial charge is 0.125 e. The molecule has 2 aromatic rings. The molecule has 2 aromatic carbocycles. The van der Waals surface area contributed by atoms with Crippen molar-refractivity contribution in [3.63, 3.8) is 0 Å². The lowest BCUT2D eigenvalue weighted by Gasteiger charge is -2.08. The second-order valence-corrected chi connectivity index (χ2v) is 5.04. The van der Waals surface area contributed by atoms with E-state index in [-0.39, 0.29) is 0 Å². The molecule has 0 saturated carbocycles. The number of hydrogen-bond donors (Lipinski definition) is 3. The van der Waals surface area contributed by atoms with Crippen molar-refractivity contribution >= 4 is 11.5 Å². The molecule has 0 radical (unpaired) electrons. The van der Waals surface area contributed by atoms with E-state index in [4.69, 9.17) is 17.2 Å². The topological polar surface area (TPSA) is 90.4 Å². The van der Waals surface area contributed by atoms with Gasteiger partial charge in [-0.25, -0.2) is 0 Å². The Bertz CT molecular complexity index is 630. The lowest BCUT2D eigenvalue weighted by molar-refractivity contribution is 0.958. The summed E-state index contributed by atoms with van der Waals surface area (Å²) in [5, 5.41) is 0. The van der Waals surface area contributed by atoms with Crippen molar-refractivity contribution in [2.75, 3.05) is 12.8 Å². The second-order valence-electron chi connectivity index (χ2n) is 5.04. The van der Waals surface area contributed by atoms with E-state index in [9.17, 15) is 0 Å². The standard InChI is InChI=1S/C17H22N4/c1-21-17(20)15-8-3-12(4-9-15)2-6-14-7-5-13(11-18)10-16(14)19/h3-5,7-10H,2,6,11,18-19H2,1H3,(H2,20,21). The summed E-state index contributed by atoms with van der Waals surface area (Å²) in [7, 11) is 1.69. The Morgan fingerprint density at radius 3 is 2.24 bits per heavy atom. The number of anilines is 1. The summed E-state index contributed by atoms with van der Waals surface area (Å²) in [5.74, 6) is 0.558. The average Bonchev–Trinajstić information content (AvgIpc) is 2.53. The van der Waals surface area contributed by atoms with Gasteiger partial charge in [-0.1, -0.05) is 36.4 Å². The number of nitrogens with zero attached hydrogens (tertiary/aromatic N) is 1. The van der Waals surface area contributed by atoms with Crippen LogP contribution < -0.4 is 17.2 Å². The van der Waals surface area contributed by atoms with Gasteiger partial charge in [0.2, 0.25) is 0 Å². The highest BCUT2D eigenvalue weighted by atomic mass is 14.8. The Kier molecular flexibility index (Phi) is 4.95. The van der Waals surface area contributed by atoms with Gasteiger partial charge in [-0.2, -0.15) is 0 Å². The van der Waals surface area contributed by atoms with Crippen LogP contribution in [-0.2, 0) is 19.4 Å². The Morgan fingerprint density at radius 1 is 1.00 bits per heavy atom. The minimum Gasteiger partial charge on any atom is -0.398 e. The maximum absolute atomic E-state index is 6.06. The first-order chi connectivity index (χ1) is 10.1. The van der Waals surface area contributed by atoms with Crippen molar-refractivity contribution in [1.29, 1.82) is 0 Å². The lowest BCUT2D eigenvalue weighted by Crippen LogP contribution is -2.12. The van der Waals surface area contributed by atoms with Gasteiger partial charge in [-0.05, 0) is 35.6 Å². The van der Waals surface area contributed by atoms with Crippen LogP contribution in [0.2, 0.25) is 0 Å². The summed E-state index contributed by atoms with van der Waals surface area (Å²) in [5.41, 5.74) is 22.7. The summed E-state index contributed by atoms with van der Waals surface area (Å²) < 4.78 is 0. The van der Waals surface area contributed by atoms with Crippen molar-refractivity contribution < 1.29 is 0 Å². The minimum absolute atomic E-state index is 0.520. The molecule has 4 nitrogen and oxygen atoms in total. The molecule has 2 rings (SSSR count). The summed E-state index contributed by atoms with van der Waals surface area (Å²) in [4.78, 5) is 3.98. The monoisotopic (exact) mass is 282 g/mol. The molecular weight excluding hydrogens is 260 g/mol. The zero-order valence-electron chi connectivity index (χ0n) is 12.3. The van der Waals surface area contributed by atoms with Gasteiger partial charge in [0.25, 0.3) is 0 Å². The third-order valence-electron chi connectivity index (χ3n) is 3.62. The molecule has 6 N–H and O–H groups in total. The van der Waals surface area contributed by atoms with Crippen LogP contribution in [0.15, 0.2) is 47.5 Å².